The van der Waals surface area contributed by atoms with Gasteiger partial charge >= 0.3 is 0 Å². The minimum atomic E-state index is -0.272. The summed E-state index contributed by atoms with van der Waals surface area (Å²) in [5, 5.41) is 3.55. The lowest BCUT2D eigenvalue weighted by atomic mass is 9.41. The van der Waals surface area contributed by atoms with Gasteiger partial charge in [0.1, 0.15) is 0 Å². The first kappa shape index (κ1) is 17.1. The molecule has 4 aliphatic rings. The van der Waals surface area contributed by atoms with Gasteiger partial charge in [0.15, 0.2) is 5.13 Å². The zero-order chi connectivity index (χ0) is 18.6. The minimum Gasteiger partial charge on any atom is -0.378 e. The summed E-state index contributed by atoms with van der Waals surface area (Å²) >= 11 is 1.41. The van der Waals surface area contributed by atoms with E-state index in [-0.39, 0.29) is 22.8 Å². The van der Waals surface area contributed by atoms with E-state index in [1.54, 1.807) is 13.2 Å². The summed E-state index contributed by atoms with van der Waals surface area (Å²) in [7, 11) is 1.71. The van der Waals surface area contributed by atoms with E-state index < -0.39 is 0 Å². The van der Waals surface area contributed by atoms with Crippen LogP contribution in [0.2, 0.25) is 0 Å². The number of ether oxygens (including phenoxy) is 2. The van der Waals surface area contributed by atoms with Crippen LogP contribution in [0.1, 0.15) is 29.6 Å². The lowest BCUT2D eigenvalue weighted by molar-refractivity contribution is -0.260. The zero-order valence-electron chi connectivity index (χ0n) is 15.1. The Morgan fingerprint density at radius 3 is 2.70 bits per heavy atom. The van der Waals surface area contributed by atoms with Gasteiger partial charge in [-0.15, -0.1) is 0 Å². The molecule has 0 unspecified atom stereocenters. The Bertz CT molecular complexity index is 914. The number of nitrogens with zero attached hydrogens (tertiary/aromatic N) is 2. The van der Waals surface area contributed by atoms with Crippen LogP contribution in [0.4, 0.5) is 5.13 Å². The van der Waals surface area contributed by atoms with E-state index in [0.29, 0.717) is 37.0 Å². The maximum Gasteiger partial charge on any atom is 0.254 e. The molecule has 142 valence electrons. The third kappa shape index (κ3) is 2.66. The molecule has 7 nitrogen and oxygen atoms in total. The fourth-order valence-corrected chi connectivity index (χ4v) is 5.34. The van der Waals surface area contributed by atoms with E-state index in [4.69, 9.17) is 9.47 Å². The number of nitrogens with one attached hydrogen (secondary N) is 1. The van der Waals surface area contributed by atoms with E-state index in [9.17, 15) is 9.59 Å². The van der Waals surface area contributed by atoms with E-state index in [1.807, 2.05) is 17.0 Å². The summed E-state index contributed by atoms with van der Waals surface area (Å²) in [5.41, 5.74) is 1.11. The van der Waals surface area contributed by atoms with Crippen molar-refractivity contribution in [3.8, 4) is 0 Å². The van der Waals surface area contributed by atoms with Crippen molar-refractivity contribution in [2.75, 3.05) is 38.7 Å². The van der Waals surface area contributed by atoms with E-state index >= 15 is 0 Å². The third-order valence-electron chi connectivity index (χ3n) is 6.05. The van der Waals surface area contributed by atoms with Gasteiger partial charge in [0, 0.05) is 25.8 Å². The lowest BCUT2D eigenvalue weighted by Gasteiger charge is -2.67. The number of methoxy groups -OCH3 is 1. The zero-order valence-corrected chi connectivity index (χ0v) is 15.9. The highest BCUT2D eigenvalue weighted by Crippen LogP contribution is 2.69. The number of rotatable bonds is 4. The first-order chi connectivity index (χ1) is 13.0. The van der Waals surface area contributed by atoms with Gasteiger partial charge < -0.3 is 19.7 Å². The normalized spacial score (nSPS) is 29.1. The monoisotopic (exact) mass is 387 g/mol. The number of carbonyl (C=O) groups excluding carboxylic acids is 2. The van der Waals surface area contributed by atoms with Gasteiger partial charge in [-0.2, -0.15) is 0 Å². The van der Waals surface area contributed by atoms with Crippen molar-refractivity contribution in [3.63, 3.8) is 0 Å². The highest BCUT2D eigenvalue weighted by Gasteiger charge is 2.72. The molecule has 6 rings (SSSR count). The summed E-state index contributed by atoms with van der Waals surface area (Å²) in [4.78, 5) is 31.6. The molecule has 3 aliphatic carbocycles. The van der Waals surface area contributed by atoms with Gasteiger partial charge in [0.2, 0.25) is 5.91 Å². The molecule has 0 radical (unpaired) electrons. The average Bonchev–Trinajstić information content (AvgIpc) is 3.01. The minimum absolute atomic E-state index is 0.0120. The van der Waals surface area contributed by atoms with Gasteiger partial charge in [-0.25, -0.2) is 4.98 Å². The van der Waals surface area contributed by atoms with Crippen LogP contribution in [0.5, 0.6) is 0 Å². The molecular formula is C19H21N3O4S. The molecule has 4 fully saturated rings. The van der Waals surface area contributed by atoms with Gasteiger partial charge in [0.05, 0.1) is 34.4 Å². The summed E-state index contributed by atoms with van der Waals surface area (Å²) < 4.78 is 11.7. The standard InChI is InChI=1S/C19H21N3O4S/c1-25-19-9-18(10-19,11-19)16(24)21-17-20-13-3-2-12(8-14(13)27-17)15(23)22-4-6-26-7-5-22/h2-3,8H,4-7,9-11H2,1H3,(H,20,21,24). The van der Waals surface area contributed by atoms with Crippen LogP contribution in [0.15, 0.2) is 18.2 Å². The molecule has 8 heteroatoms. The van der Waals surface area contributed by atoms with Crippen LogP contribution in [0.25, 0.3) is 10.2 Å². The van der Waals surface area contributed by atoms with Gasteiger partial charge in [-0.05, 0) is 37.5 Å². The highest BCUT2D eigenvalue weighted by atomic mass is 32.1. The van der Waals surface area contributed by atoms with Crippen molar-refractivity contribution in [3.05, 3.63) is 23.8 Å². The second-order valence-corrected chi connectivity index (χ2v) is 8.79. The fraction of sp³-hybridized carbons (Fsp3) is 0.526. The maximum atomic E-state index is 12.6. The Balaban J connectivity index is 1.31. The van der Waals surface area contributed by atoms with Crippen molar-refractivity contribution < 1.29 is 19.1 Å². The molecule has 2 bridgehead atoms. The molecule has 1 N–H and O–H groups in total. The highest BCUT2D eigenvalue weighted by molar-refractivity contribution is 7.22. The van der Waals surface area contributed by atoms with Crippen LogP contribution < -0.4 is 5.32 Å². The maximum absolute atomic E-state index is 12.6. The summed E-state index contributed by atoms with van der Waals surface area (Å²) in [5.74, 6) is 0.0445. The molecule has 1 aromatic heterocycles. The number of anilines is 1. The number of amides is 2. The Hall–Kier alpha value is -2.03. The van der Waals surface area contributed by atoms with Crippen LogP contribution in [0, 0.1) is 5.41 Å². The predicted molar refractivity (Wildman–Crippen MR) is 101 cm³/mol. The third-order valence-corrected chi connectivity index (χ3v) is 6.98. The molecular weight excluding hydrogens is 366 g/mol. The predicted octanol–water partition coefficient (Wildman–Crippen LogP) is 2.28. The molecule has 2 heterocycles. The molecule has 1 aromatic carbocycles. The SMILES string of the molecule is COC12CC(C(=O)Nc3nc4ccc(C(=O)N5CCOCC5)cc4s3)(C1)C2. The van der Waals surface area contributed by atoms with E-state index in [0.717, 1.165) is 29.5 Å². The molecule has 3 saturated carbocycles. The summed E-state index contributed by atoms with van der Waals surface area (Å²) in [6.45, 7) is 2.39. The number of aromatic nitrogens is 1. The van der Waals surface area contributed by atoms with Crippen LogP contribution >= 0.6 is 11.3 Å². The molecule has 27 heavy (non-hydrogen) atoms. The topological polar surface area (TPSA) is 80.8 Å². The molecule has 0 spiro atoms. The number of morpholine rings is 1. The Morgan fingerprint density at radius 2 is 2.00 bits per heavy atom. The molecule has 2 amide bonds. The number of fused-ring (bicyclic) bond motifs is 1. The number of hydrogen-bond acceptors (Lipinski definition) is 6. The largest absolute Gasteiger partial charge is 0.378 e. The Morgan fingerprint density at radius 1 is 1.26 bits per heavy atom. The van der Waals surface area contributed by atoms with Crippen molar-refractivity contribution >= 4 is 38.5 Å². The number of carbonyl (C=O) groups is 2. The summed E-state index contributed by atoms with van der Waals surface area (Å²) in [6, 6.07) is 5.51. The van der Waals surface area contributed by atoms with Crippen LogP contribution in [-0.2, 0) is 14.3 Å². The van der Waals surface area contributed by atoms with E-state index in [1.165, 1.54) is 11.3 Å². The number of hydrogen-bond donors (Lipinski definition) is 1. The van der Waals surface area contributed by atoms with E-state index in [2.05, 4.69) is 10.3 Å². The fourth-order valence-electron chi connectivity index (χ4n) is 4.44. The molecule has 2 aromatic rings. The number of thiazole rings is 1. The molecule has 0 atom stereocenters. The second-order valence-electron chi connectivity index (χ2n) is 7.76. The lowest BCUT2D eigenvalue weighted by Crippen LogP contribution is -2.72. The molecule has 1 saturated heterocycles. The molecule has 1 aliphatic heterocycles. The Kier molecular flexibility index (Phi) is 3.79. The first-order valence-corrected chi connectivity index (χ1v) is 9.99. The summed E-state index contributed by atoms with van der Waals surface area (Å²) in [6.07, 6.45) is 2.39. The van der Waals surface area contributed by atoms with Gasteiger partial charge in [-0.3, -0.25) is 9.59 Å². The first-order valence-electron chi connectivity index (χ1n) is 9.17. The van der Waals surface area contributed by atoms with Crippen LogP contribution in [-0.4, -0.2) is 60.7 Å². The van der Waals surface area contributed by atoms with Crippen molar-refractivity contribution in [2.24, 2.45) is 5.41 Å². The van der Waals surface area contributed by atoms with Crippen molar-refractivity contribution in [2.45, 2.75) is 24.9 Å². The quantitative estimate of drug-likeness (QED) is 0.871. The Labute approximate surface area is 160 Å². The van der Waals surface area contributed by atoms with Crippen LogP contribution in [0.3, 0.4) is 0 Å². The van der Waals surface area contributed by atoms with Gasteiger partial charge in [-0.1, -0.05) is 11.3 Å². The van der Waals surface area contributed by atoms with Crippen molar-refractivity contribution in [1.29, 1.82) is 0 Å². The van der Waals surface area contributed by atoms with Crippen molar-refractivity contribution in [1.82, 2.24) is 9.88 Å². The average molecular weight is 387 g/mol. The second kappa shape index (κ2) is 5.98. The number of benzene rings is 1. The smallest absolute Gasteiger partial charge is 0.254 e. The van der Waals surface area contributed by atoms with Gasteiger partial charge in [0.25, 0.3) is 5.91 Å².